The van der Waals surface area contributed by atoms with Gasteiger partial charge in [0.25, 0.3) is 0 Å². The summed E-state index contributed by atoms with van der Waals surface area (Å²) in [5.74, 6) is 1.22. The molecule has 0 bridgehead atoms. The number of ketones is 3. The average molecular weight is 318 g/mol. The van der Waals surface area contributed by atoms with E-state index in [4.69, 9.17) is 0 Å². The molecule has 3 atom stereocenters. The molecule has 3 fully saturated rings. The lowest BCUT2D eigenvalue weighted by Gasteiger charge is -2.40. The first-order valence-corrected chi connectivity index (χ1v) is 9.76. The molecule has 0 saturated heterocycles. The summed E-state index contributed by atoms with van der Waals surface area (Å²) in [6, 6.07) is 0. The molecule has 3 aliphatic rings. The fourth-order valence-electron chi connectivity index (χ4n) is 5.27. The lowest BCUT2D eigenvalue weighted by molar-refractivity contribution is -0.144. The lowest BCUT2D eigenvalue weighted by atomic mass is 9.63. The normalized spacial score (nSPS) is 33.4. The predicted molar refractivity (Wildman–Crippen MR) is 89.0 cm³/mol. The molecule has 23 heavy (non-hydrogen) atoms. The van der Waals surface area contributed by atoms with E-state index in [1.54, 1.807) is 0 Å². The van der Waals surface area contributed by atoms with Crippen LogP contribution in [0.3, 0.4) is 0 Å². The first kappa shape index (κ1) is 16.9. The van der Waals surface area contributed by atoms with Crippen LogP contribution < -0.4 is 0 Å². The molecule has 3 rings (SSSR count). The zero-order chi connectivity index (χ0) is 16.2. The van der Waals surface area contributed by atoms with Crippen molar-refractivity contribution >= 4 is 17.3 Å². The molecule has 3 aliphatic carbocycles. The van der Waals surface area contributed by atoms with Crippen LogP contribution in [0, 0.1) is 23.7 Å². The first-order valence-electron chi connectivity index (χ1n) is 9.76. The van der Waals surface area contributed by atoms with Crippen molar-refractivity contribution in [3.05, 3.63) is 0 Å². The smallest absolute Gasteiger partial charge is 0.202 e. The van der Waals surface area contributed by atoms with Crippen molar-refractivity contribution in [1.82, 2.24) is 0 Å². The third kappa shape index (κ3) is 3.92. The summed E-state index contributed by atoms with van der Waals surface area (Å²) in [6.45, 7) is 0. The molecule has 3 unspecified atom stereocenters. The molecule has 0 radical (unpaired) electrons. The van der Waals surface area contributed by atoms with Crippen LogP contribution in [0.5, 0.6) is 0 Å². The number of Topliss-reactive ketones (excluding diaryl/α,β-unsaturated/α-hetero) is 3. The standard InChI is InChI=1S/C20H30O3/c21-16-10-3-8-15(9-4-11-16)19(22)20(23)18-13-5-7-14-6-1-2-12-17(14)18/h14-15,17-18H,1-13H2. The molecule has 0 aromatic carbocycles. The van der Waals surface area contributed by atoms with Gasteiger partial charge in [0, 0.05) is 24.7 Å². The Kier molecular flexibility index (Phi) is 5.66. The van der Waals surface area contributed by atoms with E-state index in [0.717, 1.165) is 44.9 Å². The predicted octanol–water partition coefficient (Wildman–Crippen LogP) is 4.27. The highest BCUT2D eigenvalue weighted by molar-refractivity contribution is 6.38. The van der Waals surface area contributed by atoms with E-state index in [2.05, 4.69) is 0 Å². The largest absolute Gasteiger partial charge is 0.300 e. The van der Waals surface area contributed by atoms with E-state index >= 15 is 0 Å². The Morgan fingerprint density at radius 3 is 2.09 bits per heavy atom. The van der Waals surface area contributed by atoms with Crippen molar-refractivity contribution in [2.24, 2.45) is 23.7 Å². The third-order valence-electron chi connectivity index (χ3n) is 6.54. The van der Waals surface area contributed by atoms with Gasteiger partial charge in [-0.25, -0.2) is 0 Å². The zero-order valence-corrected chi connectivity index (χ0v) is 14.2. The Hall–Kier alpha value is -0.990. The zero-order valence-electron chi connectivity index (χ0n) is 14.2. The lowest BCUT2D eigenvalue weighted by Crippen LogP contribution is -2.40. The van der Waals surface area contributed by atoms with Crippen LogP contribution in [0.2, 0.25) is 0 Å². The van der Waals surface area contributed by atoms with Crippen molar-refractivity contribution in [1.29, 1.82) is 0 Å². The van der Waals surface area contributed by atoms with Crippen LogP contribution in [-0.4, -0.2) is 17.3 Å². The van der Waals surface area contributed by atoms with Gasteiger partial charge in [-0.1, -0.05) is 32.1 Å². The van der Waals surface area contributed by atoms with Gasteiger partial charge in [-0.3, -0.25) is 14.4 Å². The molecule has 0 N–H and O–H groups in total. The Labute approximate surface area is 139 Å². The van der Waals surface area contributed by atoms with E-state index in [9.17, 15) is 14.4 Å². The second-order valence-electron chi connectivity index (χ2n) is 7.99. The van der Waals surface area contributed by atoms with Gasteiger partial charge < -0.3 is 0 Å². The molecule has 3 saturated carbocycles. The average Bonchev–Trinajstić information content (AvgIpc) is 2.56. The maximum atomic E-state index is 12.9. The highest BCUT2D eigenvalue weighted by Crippen LogP contribution is 2.44. The summed E-state index contributed by atoms with van der Waals surface area (Å²) in [4.78, 5) is 37.2. The van der Waals surface area contributed by atoms with Gasteiger partial charge in [0.15, 0.2) is 0 Å². The van der Waals surface area contributed by atoms with Gasteiger partial charge in [-0.05, 0) is 50.4 Å². The summed E-state index contributed by atoms with van der Waals surface area (Å²) >= 11 is 0. The number of carbonyl (C=O) groups excluding carboxylic acids is 3. The van der Waals surface area contributed by atoms with Crippen LogP contribution in [0.25, 0.3) is 0 Å². The van der Waals surface area contributed by atoms with Crippen LogP contribution in [0.4, 0.5) is 0 Å². The van der Waals surface area contributed by atoms with Crippen molar-refractivity contribution in [3.63, 3.8) is 0 Å². The van der Waals surface area contributed by atoms with Crippen molar-refractivity contribution in [2.75, 3.05) is 0 Å². The summed E-state index contributed by atoms with van der Waals surface area (Å²) in [6.07, 6.45) is 12.4. The van der Waals surface area contributed by atoms with Crippen molar-refractivity contribution in [3.8, 4) is 0 Å². The maximum absolute atomic E-state index is 12.9. The minimum atomic E-state index is -0.112. The van der Waals surface area contributed by atoms with E-state index < -0.39 is 0 Å². The SMILES string of the molecule is O=C1CCCC(C(=O)C(=O)C2CCCC3CCCCC32)CCC1. The highest BCUT2D eigenvalue weighted by atomic mass is 16.2. The molecular weight excluding hydrogens is 288 g/mol. The molecule has 3 heteroatoms. The monoisotopic (exact) mass is 318 g/mol. The van der Waals surface area contributed by atoms with E-state index in [0.29, 0.717) is 30.5 Å². The molecule has 0 heterocycles. The Bertz CT molecular complexity index is 454. The summed E-state index contributed by atoms with van der Waals surface area (Å²) < 4.78 is 0. The van der Waals surface area contributed by atoms with Gasteiger partial charge in [0.05, 0.1) is 0 Å². The van der Waals surface area contributed by atoms with E-state index in [1.807, 2.05) is 0 Å². The summed E-state index contributed by atoms with van der Waals surface area (Å²) in [7, 11) is 0. The van der Waals surface area contributed by atoms with Gasteiger partial charge in [-0.2, -0.15) is 0 Å². The fourth-order valence-corrected chi connectivity index (χ4v) is 5.27. The van der Waals surface area contributed by atoms with E-state index in [-0.39, 0.29) is 23.4 Å². The Morgan fingerprint density at radius 2 is 1.35 bits per heavy atom. The van der Waals surface area contributed by atoms with Crippen molar-refractivity contribution < 1.29 is 14.4 Å². The molecular formula is C20H30O3. The number of carbonyl (C=O) groups is 3. The van der Waals surface area contributed by atoms with Crippen molar-refractivity contribution in [2.45, 2.75) is 83.5 Å². The summed E-state index contributed by atoms with van der Waals surface area (Å²) in [5, 5.41) is 0. The molecule has 0 amide bonds. The number of hydrogen-bond donors (Lipinski definition) is 0. The number of fused-ring (bicyclic) bond motifs is 1. The second-order valence-corrected chi connectivity index (χ2v) is 7.99. The molecule has 0 aromatic rings. The molecule has 3 nitrogen and oxygen atoms in total. The molecule has 0 aromatic heterocycles. The Balaban J connectivity index is 1.63. The van der Waals surface area contributed by atoms with Crippen LogP contribution in [0.1, 0.15) is 83.5 Å². The molecule has 0 spiro atoms. The third-order valence-corrected chi connectivity index (χ3v) is 6.54. The first-order chi connectivity index (χ1) is 11.2. The van der Waals surface area contributed by atoms with Crippen LogP contribution in [0.15, 0.2) is 0 Å². The number of hydrogen-bond acceptors (Lipinski definition) is 3. The van der Waals surface area contributed by atoms with E-state index in [1.165, 1.54) is 25.7 Å². The highest BCUT2D eigenvalue weighted by Gasteiger charge is 2.41. The van der Waals surface area contributed by atoms with Gasteiger partial charge >= 0.3 is 0 Å². The number of rotatable bonds is 3. The quantitative estimate of drug-likeness (QED) is 0.730. The Morgan fingerprint density at radius 1 is 0.696 bits per heavy atom. The topological polar surface area (TPSA) is 51.2 Å². The fraction of sp³-hybridized carbons (Fsp3) is 0.850. The van der Waals surface area contributed by atoms with Crippen LogP contribution in [-0.2, 0) is 14.4 Å². The van der Waals surface area contributed by atoms with Gasteiger partial charge in [-0.15, -0.1) is 0 Å². The maximum Gasteiger partial charge on any atom is 0.202 e. The molecule has 128 valence electrons. The second kappa shape index (κ2) is 7.72. The molecule has 0 aliphatic heterocycles. The van der Waals surface area contributed by atoms with Gasteiger partial charge in [0.1, 0.15) is 5.78 Å². The minimum Gasteiger partial charge on any atom is -0.300 e. The van der Waals surface area contributed by atoms with Gasteiger partial charge in [0.2, 0.25) is 11.6 Å². The summed E-state index contributed by atoms with van der Waals surface area (Å²) in [5.41, 5.74) is 0. The minimum absolute atomic E-state index is 0.00798. The van der Waals surface area contributed by atoms with Crippen LogP contribution >= 0.6 is 0 Å².